The molecule has 27 heavy (non-hydrogen) atoms. The van der Waals surface area contributed by atoms with Crippen molar-refractivity contribution in [3.8, 4) is 6.07 Å². The van der Waals surface area contributed by atoms with Crippen LogP contribution in [0.4, 0.5) is 5.82 Å². The lowest BCUT2D eigenvalue weighted by Gasteiger charge is -2.33. The number of aryl methyl sites for hydroxylation is 2. The van der Waals surface area contributed by atoms with E-state index >= 15 is 0 Å². The molecule has 2 heterocycles. The highest BCUT2D eigenvalue weighted by Crippen LogP contribution is 2.24. The normalized spacial score (nSPS) is 15.1. The first-order valence-electron chi connectivity index (χ1n) is 9.58. The zero-order valence-electron chi connectivity index (χ0n) is 16.0. The number of hydrogen-bond acceptors (Lipinski definition) is 3. The molecular weight excluding hydrogens is 332 g/mol. The van der Waals surface area contributed by atoms with E-state index in [1.165, 1.54) is 22.1 Å². The van der Waals surface area contributed by atoms with E-state index in [1.807, 2.05) is 12.1 Å². The van der Waals surface area contributed by atoms with E-state index < -0.39 is 0 Å². The number of benzene rings is 2. The Morgan fingerprint density at radius 1 is 1.04 bits per heavy atom. The molecular formula is C23H25N4+. The average molecular weight is 357 g/mol. The molecule has 4 rings (SSSR count). The number of pyridine rings is 1. The Kier molecular flexibility index (Phi) is 4.79. The van der Waals surface area contributed by atoms with Gasteiger partial charge in [-0.1, -0.05) is 30.3 Å². The Morgan fingerprint density at radius 2 is 1.78 bits per heavy atom. The first-order chi connectivity index (χ1) is 13.1. The molecule has 0 spiro atoms. The summed E-state index contributed by atoms with van der Waals surface area (Å²) in [6.45, 7) is 9.59. The largest absolute Gasteiger partial charge is 0.345 e. The molecule has 1 fully saturated rings. The number of nitrogens with one attached hydrogen (secondary N) is 1. The predicted molar refractivity (Wildman–Crippen MR) is 109 cm³/mol. The lowest BCUT2D eigenvalue weighted by molar-refractivity contribution is -0.914. The number of quaternary nitrogens is 1. The van der Waals surface area contributed by atoms with Crippen LogP contribution in [0.1, 0.15) is 22.3 Å². The van der Waals surface area contributed by atoms with E-state index in [2.05, 4.69) is 61.2 Å². The summed E-state index contributed by atoms with van der Waals surface area (Å²) in [5.41, 5.74) is 5.69. The molecule has 1 aromatic heterocycles. The number of rotatable bonds is 3. The van der Waals surface area contributed by atoms with Crippen molar-refractivity contribution in [3.63, 3.8) is 0 Å². The Balaban J connectivity index is 1.45. The van der Waals surface area contributed by atoms with Gasteiger partial charge in [-0.2, -0.15) is 5.26 Å². The molecule has 0 amide bonds. The van der Waals surface area contributed by atoms with Crippen LogP contribution in [0.3, 0.4) is 0 Å². The van der Waals surface area contributed by atoms with Crippen LogP contribution in [-0.4, -0.2) is 31.2 Å². The molecule has 0 bridgehead atoms. The minimum atomic E-state index is 0.728. The van der Waals surface area contributed by atoms with Crippen LogP contribution in [0.25, 0.3) is 10.9 Å². The molecule has 0 atom stereocenters. The molecule has 2 aromatic carbocycles. The van der Waals surface area contributed by atoms with Crippen molar-refractivity contribution < 1.29 is 4.90 Å². The molecule has 0 saturated carbocycles. The van der Waals surface area contributed by atoms with Gasteiger partial charge in [-0.3, -0.25) is 0 Å². The van der Waals surface area contributed by atoms with Gasteiger partial charge in [0.1, 0.15) is 12.4 Å². The lowest BCUT2D eigenvalue weighted by Crippen LogP contribution is -3.13. The third-order valence-corrected chi connectivity index (χ3v) is 5.57. The zero-order chi connectivity index (χ0) is 18.8. The fourth-order valence-corrected chi connectivity index (χ4v) is 3.92. The summed E-state index contributed by atoms with van der Waals surface area (Å²) in [4.78, 5) is 8.98. The summed E-state index contributed by atoms with van der Waals surface area (Å²) >= 11 is 0. The van der Waals surface area contributed by atoms with Crippen LogP contribution in [0.15, 0.2) is 48.5 Å². The second-order valence-electron chi connectivity index (χ2n) is 7.49. The third kappa shape index (κ3) is 3.65. The molecule has 1 aliphatic heterocycles. The third-order valence-electron chi connectivity index (χ3n) is 5.57. The molecule has 136 valence electrons. The lowest BCUT2D eigenvalue weighted by atomic mass is 10.1. The SMILES string of the molecule is Cc1cc(N2CC[NH+](Cc3ccc(C#N)cc3)CC2)nc2c(C)cccc12. The summed E-state index contributed by atoms with van der Waals surface area (Å²) < 4.78 is 0. The summed E-state index contributed by atoms with van der Waals surface area (Å²) in [6.07, 6.45) is 0. The Morgan fingerprint density at radius 3 is 2.48 bits per heavy atom. The number of para-hydroxylation sites is 1. The molecule has 4 heteroatoms. The molecule has 3 aromatic rings. The van der Waals surface area contributed by atoms with Crippen LogP contribution >= 0.6 is 0 Å². The monoisotopic (exact) mass is 357 g/mol. The van der Waals surface area contributed by atoms with Crippen molar-refractivity contribution in [3.05, 3.63) is 70.8 Å². The second-order valence-corrected chi connectivity index (χ2v) is 7.49. The number of hydrogen-bond donors (Lipinski definition) is 1. The minimum absolute atomic E-state index is 0.728. The fraction of sp³-hybridized carbons (Fsp3) is 0.304. The summed E-state index contributed by atoms with van der Waals surface area (Å²) in [6, 6.07) is 18.8. The topological polar surface area (TPSA) is 44.4 Å². The number of fused-ring (bicyclic) bond motifs is 1. The van der Waals surface area contributed by atoms with E-state index in [9.17, 15) is 0 Å². The van der Waals surface area contributed by atoms with Crippen molar-refractivity contribution in [2.45, 2.75) is 20.4 Å². The fourth-order valence-electron chi connectivity index (χ4n) is 3.92. The number of nitrogens with zero attached hydrogens (tertiary/aromatic N) is 3. The van der Waals surface area contributed by atoms with Gasteiger partial charge in [0, 0.05) is 10.9 Å². The molecule has 0 radical (unpaired) electrons. The van der Waals surface area contributed by atoms with Gasteiger partial charge in [0.05, 0.1) is 43.3 Å². The smallest absolute Gasteiger partial charge is 0.129 e. The summed E-state index contributed by atoms with van der Waals surface area (Å²) in [5.74, 6) is 1.10. The second kappa shape index (κ2) is 7.38. The highest BCUT2D eigenvalue weighted by molar-refractivity contribution is 5.86. The van der Waals surface area contributed by atoms with Gasteiger partial charge in [-0.25, -0.2) is 4.98 Å². The van der Waals surface area contributed by atoms with Gasteiger partial charge in [-0.05, 0) is 43.2 Å². The van der Waals surface area contributed by atoms with Crippen LogP contribution in [0, 0.1) is 25.2 Å². The van der Waals surface area contributed by atoms with E-state index in [4.69, 9.17) is 10.2 Å². The molecule has 4 nitrogen and oxygen atoms in total. The number of aromatic nitrogens is 1. The Hall–Kier alpha value is -2.90. The van der Waals surface area contributed by atoms with Crippen LogP contribution in [-0.2, 0) is 6.54 Å². The molecule has 1 saturated heterocycles. The standard InChI is InChI=1S/C23H24N4/c1-17-4-3-5-21-18(2)14-22(25-23(17)21)27-12-10-26(11-13-27)16-20-8-6-19(15-24)7-9-20/h3-9,14H,10-13,16H2,1-2H3/p+1. The first-order valence-corrected chi connectivity index (χ1v) is 9.58. The highest BCUT2D eigenvalue weighted by atomic mass is 15.3. The van der Waals surface area contributed by atoms with Crippen LogP contribution in [0.2, 0.25) is 0 Å². The molecule has 0 aliphatic carbocycles. The van der Waals surface area contributed by atoms with E-state index in [0.29, 0.717) is 0 Å². The van der Waals surface area contributed by atoms with Crippen molar-refractivity contribution in [2.24, 2.45) is 0 Å². The number of anilines is 1. The van der Waals surface area contributed by atoms with Gasteiger partial charge >= 0.3 is 0 Å². The van der Waals surface area contributed by atoms with Gasteiger partial charge in [0.15, 0.2) is 0 Å². The molecule has 1 aliphatic rings. The summed E-state index contributed by atoms with van der Waals surface area (Å²) in [5, 5.41) is 10.2. The van der Waals surface area contributed by atoms with Crippen molar-refractivity contribution >= 4 is 16.7 Å². The molecule has 0 unspecified atom stereocenters. The average Bonchev–Trinajstić information content (AvgIpc) is 2.70. The van der Waals surface area contributed by atoms with Gasteiger partial charge in [0.2, 0.25) is 0 Å². The van der Waals surface area contributed by atoms with Crippen LogP contribution < -0.4 is 9.80 Å². The Labute approximate surface area is 160 Å². The van der Waals surface area contributed by atoms with Crippen molar-refractivity contribution in [1.82, 2.24) is 4.98 Å². The van der Waals surface area contributed by atoms with Gasteiger partial charge in [0.25, 0.3) is 0 Å². The number of piperazine rings is 1. The Bertz CT molecular complexity index is 993. The maximum absolute atomic E-state index is 8.92. The van der Waals surface area contributed by atoms with Gasteiger partial charge in [-0.15, -0.1) is 0 Å². The molecule has 1 N–H and O–H groups in total. The van der Waals surface area contributed by atoms with E-state index in [0.717, 1.165) is 49.6 Å². The summed E-state index contributed by atoms with van der Waals surface area (Å²) in [7, 11) is 0. The van der Waals surface area contributed by atoms with E-state index in [1.54, 1.807) is 4.90 Å². The minimum Gasteiger partial charge on any atom is -0.345 e. The maximum Gasteiger partial charge on any atom is 0.129 e. The zero-order valence-corrected chi connectivity index (χ0v) is 16.0. The number of nitriles is 1. The van der Waals surface area contributed by atoms with Crippen molar-refractivity contribution in [2.75, 3.05) is 31.1 Å². The van der Waals surface area contributed by atoms with E-state index in [-0.39, 0.29) is 0 Å². The predicted octanol–water partition coefficient (Wildman–Crippen LogP) is 2.63. The maximum atomic E-state index is 8.92. The van der Waals surface area contributed by atoms with Gasteiger partial charge < -0.3 is 9.80 Å². The highest BCUT2D eigenvalue weighted by Gasteiger charge is 2.22. The first kappa shape index (κ1) is 17.5. The van der Waals surface area contributed by atoms with Crippen LogP contribution in [0.5, 0.6) is 0 Å². The van der Waals surface area contributed by atoms with Crippen molar-refractivity contribution in [1.29, 1.82) is 5.26 Å². The quantitative estimate of drug-likeness (QED) is 0.784.